The molecule has 2 aromatic carbocycles. The van der Waals surface area contributed by atoms with Gasteiger partial charge in [0.15, 0.2) is 5.75 Å². The smallest absolute Gasteiger partial charge is 0.164 e. The number of ether oxygens (including phenoxy) is 1. The zero-order valence-corrected chi connectivity index (χ0v) is 13.6. The van der Waals surface area contributed by atoms with E-state index in [0.717, 1.165) is 8.95 Å². The van der Waals surface area contributed by atoms with Gasteiger partial charge in [-0.25, -0.2) is 0 Å². The first-order valence-corrected chi connectivity index (χ1v) is 7.19. The zero-order chi connectivity index (χ0) is 13.3. The normalized spacial score (nSPS) is 10.4. The Morgan fingerprint density at radius 3 is 2.17 bits per heavy atom. The largest absolute Gasteiger partial charge is 0.453 e. The van der Waals surface area contributed by atoms with Crippen molar-refractivity contribution >= 4 is 60.7 Å². The van der Waals surface area contributed by atoms with E-state index in [1.54, 1.807) is 18.2 Å². The van der Waals surface area contributed by atoms with Crippen LogP contribution >= 0.6 is 55.1 Å². The first kappa shape index (κ1) is 14.0. The van der Waals surface area contributed by atoms with Crippen LogP contribution in [0.25, 0.3) is 0 Å². The molecule has 2 nitrogen and oxygen atoms in total. The van der Waals surface area contributed by atoms with Gasteiger partial charge in [0.2, 0.25) is 0 Å². The van der Waals surface area contributed by atoms with Crippen LogP contribution < -0.4 is 10.5 Å². The van der Waals surface area contributed by atoms with Crippen molar-refractivity contribution in [1.29, 1.82) is 0 Å². The maximum absolute atomic E-state index is 6.05. The van der Waals surface area contributed by atoms with E-state index in [4.69, 9.17) is 33.7 Å². The van der Waals surface area contributed by atoms with E-state index in [1.165, 1.54) is 0 Å². The molecule has 0 fully saturated rings. The van der Waals surface area contributed by atoms with Gasteiger partial charge in [0.25, 0.3) is 0 Å². The van der Waals surface area contributed by atoms with Crippen LogP contribution in [0.4, 0.5) is 5.69 Å². The molecular formula is C12H7Br2Cl2NO. The summed E-state index contributed by atoms with van der Waals surface area (Å²) in [6.45, 7) is 0. The molecule has 2 aromatic rings. The second-order valence-corrected chi connectivity index (χ2v) is 6.07. The molecule has 94 valence electrons. The molecule has 18 heavy (non-hydrogen) atoms. The number of benzene rings is 2. The topological polar surface area (TPSA) is 35.2 Å². The van der Waals surface area contributed by atoms with Crippen LogP contribution in [0.15, 0.2) is 39.3 Å². The van der Waals surface area contributed by atoms with Gasteiger partial charge in [-0.1, -0.05) is 39.1 Å². The molecule has 0 spiro atoms. The molecule has 2 rings (SSSR count). The zero-order valence-electron chi connectivity index (χ0n) is 8.88. The number of nitrogens with two attached hydrogens (primary N) is 1. The van der Waals surface area contributed by atoms with Crippen LogP contribution in [0.5, 0.6) is 11.5 Å². The van der Waals surface area contributed by atoms with Crippen molar-refractivity contribution in [1.82, 2.24) is 0 Å². The minimum Gasteiger partial charge on any atom is -0.453 e. The molecule has 0 saturated carbocycles. The Hall–Kier alpha value is -0.420. The van der Waals surface area contributed by atoms with E-state index < -0.39 is 0 Å². The standard InChI is InChI=1S/C12H7Br2Cl2NO/c13-6-1-2-11(8(14)3-6)18-12-9(15)4-7(17)5-10(12)16/h1-5H,17H2. The van der Waals surface area contributed by atoms with Gasteiger partial charge in [-0.15, -0.1) is 0 Å². The van der Waals surface area contributed by atoms with Crippen LogP contribution in [0.1, 0.15) is 0 Å². The molecule has 0 aliphatic heterocycles. The van der Waals surface area contributed by atoms with Gasteiger partial charge in [-0.05, 0) is 46.3 Å². The molecule has 0 atom stereocenters. The summed E-state index contributed by atoms with van der Waals surface area (Å²) in [6.07, 6.45) is 0. The van der Waals surface area contributed by atoms with Crippen molar-refractivity contribution in [3.63, 3.8) is 0 Å². The van der Waals surface area contributed by atoms with E-state index in [9.17, 15) is 0 Å². The monoisotopic (exact) mass is 409 g/mol. The summed E-state index contributed by atoms with van der Waals surface area (Å²) < 4.78 is 7.43. The van der Waals surface area contributed by atoms with Gasteiger partial charge in [0.05, 0.1) is 14.5 Å². The highest BCUT2D eigenvalue weighted by molar-refractivity contribution is 9.11. The Labute approximate surface area is 131 Å². The Morgan fingerprint density at radius 1 is 1.00 bits per heavy atom. The van der Waals surface area contributed by atoms with Gasteiger partial charge < -0.3 is 10.5 Å². The Bertz CT molecular complexity index is 582. The number of anilines is 1. The molecule has 0 aromatic heterocycles. The van der Waals surface area contributed by atoms with Crippen molar-refractivity contribution in [2.75, 3.05) is 5.73 Å². The molecule has 0 radical (unpaired) electrons. The molecule has 2 N–H and O–H groups in total. The molecule has 0 saturated heterocycles. The van der Waals surface area contributed by atoms with Crippen LogP contribution in [-0.4, -0.2) is 0 Å². The number of hydrogen-bond acceptors (Lipinski definition) is 2. The van der Waals surface area contributed by atoms with E-state index in [2.05, 4.69) is 31.9 Å². The predicted molar refractivity (Wildman–Crippen MR) is 82.8 cm³/mol. The average molecular weight is 412 g/mol. The minimum absolute atomic E-state index is 0.370. The quantitative estimate of drug-likeness (QED) is 0.625. The second-order valence-electron chi connectivity index (χ2n) is 3.49. The van der Waals surface area contributed by atoms with Crippen molar-refractivity contribution in [2.45, 2.75) is 0 Å². The highest BCUT2D eigenvalue weighted by atomic mass is 79.9. The summed E-state index contributed by atoms with van der Waals surface area (Å²) in [5.74, 6) is 1.00. The number of hydrogen-bond donors (Lipinski definition) is 1. The van der Waals surface area contributed by atoms with E-state index in [1.807, 2.05) is 12.1 Å². The first-order valence-electron chi connectivity index (χ1n) is 4.85. The molecule has 0 unspecified atom stereocenters. The fourth-order valence-electron chi connectivity index (χ4n) is 1.34. The third-order valence-corrected chi connectivity index (χ3v) is 3.80. The molecule has 0 amide bonds. The van der Waals surface area contributed by atoms with Crippen molar-refractivity contribution in [3.05, 3.63) is 49.3 Å². The van der Waals surface area contributed by atoms with Crippen molar-refractivity contribution < 1.29 is 4.74 Å². The average Bonchev–Trinajstić information content (AvgIpc) is 2.25. The summed E-state index contributed by atoms with van der Waals surface area (Å²) in [5.41, 5.74) is 6.12. The molecule has 6 heteroatoms. The lowest BCUT2D eigenvalue weighted by molar-refractivity contribution is 0.480. The Morgan fingerprint density at radius 2 is 1.61 bits per heavy atom. The minimum atomic E-state index is 0.370. The fourth-order valence-corrected chi connectivity index (χ4v) is 3.05. The van der Waals surface area contributed by atoms with E-state index in [-0.39, 0.29) is 0 Å². The number of nitrogen functional groups attached to an aromatic ring is 1. The van der Waals surface area contributed by atoms with Gasteiger partial charge in [-0.3, -0.25) is 0 Å². The van der Waals surface area contributed by atoms with Gasteiger partial charge in [0, 0.05) is 10.2 Å². The Kier molecular flexibility index (Phi) is 4.43. The van der Waals surface area contributed by atoms with Gasteiger partial charge >= 0.3 is 0 Å². The summed E-state index contributed by atoms with van der Waals surface area (Å²) in [7, 11) is 0. The summed E-state index contributed by atoms with van der Waals surface area (Å²) in [5, 5.41) is 0.740. The highest BCUT2D eigenvalue weighted by Gasteiger charge is 2.11. The third kappa shape index (κ3) is 3.12. The van der Waals surface area contributed by atoms with Crippen LogP contribution in [-0.2, 0) is 0 Å². The summed E-state index contributed by atoms with van der Waals surface area (Å²) >= 11 is 18.9. The first-order chi connectivity index (χ1) is 8.47. The Balaban J connectivity index is 2.40. The molecule has 0 heterocycles. The predicted octanol–water partition coefficient (Wildman–Crippen LogP) is 5.89. The maximum Gasteiger partial charge on any atom is 0.164 e. The molecule has 0 aliphatic carbocycles. The van der Waals surface area contributed by atoms with Crippen molar-refractivity contribution in [2.24, 2.45) is 0 Å². The van der Waals surface area contributed by atoms with Crippen LogP contribution in [0.3, 0.4) is 0 Å². The molecule has 0 aliphatic rings. The summed E-state index contributed by atoms with van der Waals surface area (Å²) in [4.78, 5) is 0. The lowest BCUT2D eigenvalue weighted by Gasteiger charge is -2.11. The lowest BCUT2D eigenvalue weighted by atomic mass is 10.3. The van der Waals surface area contributed by atoms with Gasteiger partial charge in [0.1, 0.15) is 5.75 Å². The van der Waals surface area contributed by atoms with Crippen LogP contribution in [0, 0.1) is 0 Å². The lowest BCUT2D eigenvalue weighted by Crippen LogP contribution is -1.91. The second kappa shape index (κ2) is 5.70. The SMILES string of the molecule is Nc1cc(Cl)c(Oc2ccc(Br)cc2Br)c(Cl)c1. The van der Waals surface area contributed by atoms with Crippen LogP contribution in [0.2, 0.25) is 10.0 Å². The van der Waals surface area contributed by atoms with E-state index >= 15 is 0 Å². The highest BCUT2D eigenvalue weighted by Crippen LogP contribution is 2.40. The van der Waals surface area contributed by atoms with Gasteiger partial charge in [-0.2, -0.15) is 0 Å². The number of rotatable bonds is 2. The maximum atomic E-state index is 6.05. The van der Waals surface area contributed by atoms with E-state index in [0.29, 0.717) is 27.2 Å². The molecule has 0 bridgehead atoms. The third-order valence-electron chi connectivity index (χ3n) is 2.13. The molecular weight excluding hydrogens is 405 g/mol. The fraction of sp³-hybridized carbons (Fsp3) is 0. The van der Waals surface area contributed by atoms with Crippen molar-refractivity contribution in [3.8, 4) is 11.5 Å². The number of halogens is 4. The summed E-state index contributed by atoms with van der Waals surface area (Å²) in [6, 6.07) is 8.72.